The van der Waals surface area contributed by atoms with Crippen molar-refractivity contribution in [3.63, 3.8) is 0 Å². The van der Waals surface area contributed by atoms with E-state index in [0.29, 0.717) is 12.4 Å². The molecule has 0 fully saturated rings. The SMILES string of the molecule is CC(C)(CCl)CNC(=O)C1CCCc2sccc21. The van der Waals surface area contributed by atoms with Crippen LogP contribution in [0, 0.1) is 5.41 Å². The van der Waals surface area contributed by atoms with E-state index in [4.69, 9.17) is 11.6 Å². The van der Waals surface area contributed by atoms with E-state index in [-0.39, 0.29) is 17.2 Å². The Hall–Kier alpha value is -0.540. The lowest BCUT2D eigenvalue weighted by Crippen LogP contribution is -2.38. The number of alkyl halides is 1. The molecule has 0 saturated heterocycles. The van der Waals surface area contributed by atoms with Crippen LogP contribution in [0.2, 0.25) is 0 Å². The molecular weight excluding hydrogens is 266 g/mol. The molecular formula is C14H20ClNOS. The molecule has 2 rings (SSSR count). The molecule has 1 aliphatic carbocycles. The van der Waals surface area contributed by atoms with Crippen molar-refractivity contribution >= 4 is 28.8 Å². The van der Waals surface area contributed by atoms with Gasteiger partial charge in [-0.3, -0.25) is 4.79 Å². The number of rotatable bonds is 4. The van der Waals surface area contributed by atoms with Crippen molar-refractivity contribution in [2.75, 3.05) is 12.4 Å². The van der Waals surface area contributed by atoms with Gasteiger partial charge in [0, 0.05) is 17.3 Å². The zero-order valence-electron chi connectivity index (χ0n) is 11.0. The fourth-order valence-corrected chi connectivity index (χ4v) is 3.34. The lowest BCUT2D eigenvalue weighted by molar-refractivity contribution is -0.123. The molecule has 0 radical (unpaired) electrons. The fraction of sp³-hybridized carbons (Fsp3) is 0.643. The molecule has 1 aliphatic rings. The standard InChI is InChI=1S/C14H20ClNOS/c1-14(2,8-15)9-16-13(17)11-4-3-5-12-10(11)6-7-18-12/h6-7,11H,3-5,8-9H2,1-2H3,(H,16,17). The predicted octanol–water partition coefficient (Wildman–Crippen LogP) is 3.55. The predicted molar refractivity (Wildman–Crippen MR) is 77.5 cm³/mol. The number of hydrogen-bond donors (Lipinski definition) is 1. The van der Waals surface area contributed by atoms with Gasteiger partial charge in [0.1, 0.15) is 0 Å². The first-order valence-electron chi connectivity index (χ1n) is 6.43. The number of halogens is 1. The maximum absolute atomic E-state index is 12.3. The molecule has 1 unspecified atom stereocenters. The van der Waals surface area contributed by atoms with Crippen LogP contribution in [-0.4, -0.2) is 18.3 Å². The number of hydrogen-bond acceptors (Lipinski definition) is 2. The average molecular weight is 286 g/mol. The maximum Gasteiger partial charge on any atom is 0.227 e. The van der Waals surface area contributed by atoms with Crippen molar-refractivity contribution in [1.29, 1.82) is 0 Å². The third-order valence-corrected chi connectivity index (χ3v) is 5.19. The number of thiophene rings is 1. The van der Waals surface area contributed by atoms with Gasteiger partial charge in [-0.05, 0) is 41.7 Å². The molecule has 1 aromatic heterocycles. The van der Waals surface area contributed by atoms with Crippen LogP contribution in [0.15, 0.2) is 11.4 Å². The summed E-state index contributed by atoms with van der Waals surface area (Å²) in [5, 5.41) is 5.15. The third-order valence-electron chi connectivity index (χ3n) is 3.47. The highest BCUT2D eigenvalue weighted by atomic mass is 35.5. The number of nitrogens with one attached hydrogen (secondary N) is 1. The van der Waals surface area contributed by atoms with Crippen LogP contribution in [-0.2, 0) is 11.2 Å². The molecule has 0 aliphatic heterocycles. The summed E-state index contributed by atoms with van der Waals surface area (Å²) < 4.78 is 0. The average Bonchev–Trinajstić information content (AvgIpc) is 2.84. The summed E-state index contributed by atoms with van der Waals surface area (Å²) in [4.78, 5) is 13.7. The summed E-state index contributed by atoms with van der Waals surface area (Å²) in [5.74, 6) is 0.764. The molecule has 0 spiro atoms. The van der Waals surface area contributed by atoms with Gasteiger partial charge in [-0.25, -0.2) is 0 Å². The molecule has 2 nitrogen and oxygen atoms in total. The molecule has 1 aromatic rings. The van der Waals surface area contributed by atoms with E-state index in [1.807, 2.05) is 0 Å². The number of aryl methyl sites for hydroxylation is 1. The topological polar surface area (TPSA) is 29.1 Å². The summed E-state index contributed by atoms with van der Waals surface area (Å²) in [6.07, 6.45) is 3.21. The third kappa shape index (κ3) is 3.07. The number of amides is 1. The van der Waals surface area contributed by atoms with Crippen LogP contribution in [0.4, 0.5) is 0 Å². The molecule has 1 N–H and O–H groups in total. The first kappa shape index (κ1) is 13.9. The van der Waals surface area contributed by atoms with Gasteiger partial charge in [-0.15, -0.1) is 22.9 Å². The van der Waals surface area contributed by atoms with E-state index in [1.165, 1.54) is 10.4 Å². The van der Waals surface area contributed by atoms with Crippen molar-refractivity contribution in [2.24, 2.45) is 5.41 Å². The van der Waals surface area contributed by atoms with E-state index in [9.17, 15) is 4.79 Å². The van der Waals surface area contributed by atoms with Gasteiger partial charge in [0.25, 0.3) is 0 Å². The Morgan fingerprint density at radius 1 is 1.61 bits per heavy atom. The quantitative estimate of drug-likeness (QED) is 0.842. The fourth-order valence-electron chi connectivity index (χ4n) is 2.26. The van der Waals surface area contributed by atoms with Gasteiger partial charge in [0.2, 0.25) is 5.91 Å². The first-order chi connectivity index (χ1) is 8.53. The lowest BCUT2D eigenvalue weighted by atomic mass is 9.86. The normalized spacial score (nSPS) is 19.4. The van der Waals surface area contributed by atoms with Crippen LogP contribution in [0.5, 0.6) is 0 Å². The van der Waals surface area contributed by atoms with Gasteiger partial charge in [-0.2, -0.15) is 0 Å². The first-order valence-corrected chi connectivity index (χ1v) is 7.85. The molecule has 4 heteroatoms. The second kappa shape index (κ2) is 5.62. The zero-order chi connectivity index (χ0) is 13.2. The van der Waals surface area contributed by atoms with E-state index in [0.717, 1.165) is 19.3 Å². The summed E-state index contributed by atoms with van der Waals surface area (Å²) in [5.41, 5.74) is 1.20. The largest absolute Gasteiger partial charge is 0.355 e. The van der Waals surface area contributed by atoms with Crippen LogP contribution in [0.25, 0.3) is 0 Å². The van der Waals surface area contributed by atoms with Crippen LogP contribution >= 0.6 is 22.9 Å². The molecule has 18 heavy (non-hydrogen) atoms. The summed E-state index contributed by atoms with van der Waals surface area (Å²) in [7, 11) is 0. The Morgan fingerprint density at radius 2 is 2.39 bits per heavy atom. The smallest absolute Gasteiger partial charge is 0.227 e. The Balaban J connectivity index is 1.99. The highest BCUT2D eigenvalue weighted by Gasteiger charge is 2.28. The van der Waals surface area contributed by atoms with E-state index in [2.05, 4.69) is 30.6 Å². The molecule has 1 atom stereocenters. The Bertz CT molecular complexity index is 427. The minimum atomic E-state index is -0.0383. The lowest BCUT2D eigenvalue weighted by Gasteiger charge is -2.26. The van der Waals surface area contributed by atoms with Gasteiger partial charge < -0.3 is 5.32 Å². The highest BCUT2D eigenvalue weighted by Crippen LogP contribution is 2.35. The second-order valence-electron chi connectivity index (χ2n) is 5.76. The molecule has 1 amide bonds. The maximum atomic E-state index is 12.3. The van der Waals surface area contributed by atoms with Gasteiger partial charge in [0.05, 0.1) is 5.92 Å². The number of carbonyl (C=O) groups excluding carboxylic acids is 1. The molecule has 0 bridgehead atoms. The molecule has 0 aromatic carbocycles. The minimum Gasteiger partial charge on any atom is -0.355 e. The summed E-state index contributed by atoms with van der Waals surface area (Å²) in [6.45, 7) is 4.78. The van der Waals surface area contributed by atoms with E-state index in [1.54, 1.807) is 11.3 Å². The van der Waals surface area contributed by atoms with Crippen molar-refractivity contribution in [3.8, 4) is 0 Å². The highest BCUT2D eigenvalue weighted by molar-refractivity contribution is 7.10. The van der Waals surface area contributed by atoms with Crippen molar-refractivity contribution in [3.05, 3.63) is 21.9 Å². The number of fused-ring (bicyclic) bond motifs is 1. The Kier molecular flexibility index (Phi) is 4.33. The van der Waals surface area contributed by atoms with Crippen LogP contribution < -0.4 is 5.32 Å². The monoisotopic (exact) mass is 285 g/mol. The summed E-state index contributed by atoms with van der Waals surface area (Å²) in [6, 6.07) is 2.11. The Morgan fingerprint density at radius 3 is 3.11 bits per heavy atom. The van der Waals surface area contributed by atoms with Gasteiger partial charge in [0.15, 0.2) is 0 Å². The molecule has 0 saturated carbocycles. The molecule has 1 heterocycles. The van der Waals surface area contributed by atoms with Gasteiger partial charge in [-0.1, -0.05) is 13.8 Å². The van der Waals surface area contributed by atoms with E-state index < -0.39 is 0 Å². The summed E-state index contributed by atoms with van der Waals surface area (Å²) >= 11 is 7.65. The molecule has 100 valence electrons. The Labute approximate surface area is 118 Å². The van der Waals surface area contributed by atoms with Crippen molar-refractivity contribution in [2.45, 2.75) is 39.0 Å². The zero-order valence-corrected chi connectivity index (χ0v) is 12.5. The van der Waals surface area contributed by atoms with E-state index >= 15 is 0 Å². The van der Waals surface area contributed by atoms with Gasteiger partial charge >= 0.3 is 0 Å². The number of carbonyl (C=O) groups is 1. The minimum absolute atomic E-state index is 0.0383. The van der Waals surface area contributed by atoms with Crippen LogP contribution in [0.3, 0.4) is 0 Å². The van der Waals surface area contributed by atoms with Crippen molar-refractivity contribution < 1.29 is 4.79 Å². The van der Waals surface area contributed by atoms with Crippen LogP contribution in [0.1, 0.15) is 43.0 Å². The van der Waals surface area contributed by atoms with Crippen molar-refractivity contribution in [1.82, 2.24) is 5.32 Å². The second-order valence-corrected chi connectivity index (χ2v) is 7.03.